The molecule has 1 aliphatic heterocycles. The standard InChI is InChI=1S/C24H32N2O6S/c1-17(20-15-18(30-2)9-11-22(20)31-3)25-24(27)21-16-19(10-12-23(21)32-4)33(28,29)26-13-7-5-6-8-14-26/h9-12,15-17H,5-8,13-14H2,1-4H3,(H,25,27). The van der Waals surface area contributed by atoms with Gasteiger partial charge in [0.25, 0.3) is 5.91 Å². The number of amides is 1. The first-order valence-corrected chi connectivity index (χ1v) is 12.5. The van der Waals surface area contributed by atoms with E-state index in [4.69, 9.17) is 14.2 Å². The Bertz CT molecular complexity index is 1080. The van der Waals surface area contributed by atoms with Crippen molar-refractivity contribution in [3.8, 4) is 17.2 Å². The van der Waals surface area contributed by atoms with E-state index in [1.807, 2.05) is 6.92 Å². The van der Waals surface area contributed by atoms with E-state index >= 15 is 0 Å². The monoisotopic (exact) mass is 476 g/mol. The predicted octanol–water partition coefficient (Wildman–Crippen LogP) is 3.77. The summed E-state index contributed by atoms with van der Waals surface area (Å²) in [7, 11) is 0.864. The van der Waals surface area contributed by atoms with Gasteiger partial charge in [0.05, 0.1) is 37.8 Å². The molecule has 0 aromatic heterocycles. The molecule has 0 spiro atoms. The topological polar surface area (TPSA) is 94.2 Å². The SMILES string of the molecule is COc1ccc(OC)c(C(C)NC(=O)c2cc(S(=O)(=O)N3CCCCCC3)ccc2OC)c1. The number of sulfonamides is 1. The maximum Gasteiger partial charge on any atom is 0.255 e. The Morgan fingerprint density at radius 2 is 1.55 bits per heavy atom. The summed E-state index contributed by atoms with van der Waals surface area (Å²) in [5.41, 5.74) is 0.889. The van der Waals surface area contributed by atoms with Gasteiger partial charge in [-0.3, -0.25) is 4.79 Å². The van der Waals surface area contributed by atoms with Gasteiger partial charge in [-0.05, 0) is 56.2 Å². The van der Waals surface area contributed by atoms with Crippen molar-refractivity contribution in [2.45, 2.75) is 43.5 Å². The van der Waals surface area contributed by atoms with Crippen molar-refractivity contribution in [3.05, 3.63) is 47.5 Å². The Balaban J connectivity index is 1.90. The van der Waals surface area contributed by atoms with E-state index in [0.717, 1.165) is 31.2 Å². The van der Waals surface area contributed by atoms with E-state index in [0.29, 0.717) is 30.3 Å². The lowest BCUT2D eigenvalue weighted by Gasteiger charge is -2.21. The third-order valence-electron chi connectivity index (χ3n) is 5.87. The molecular weight excluding hydrogens is 444 g/mol. The molecular formula is C24H32N2O6S. The second kappa shape index (κ2) is 10.9. The van der Waals surface area contributed by atoms with E-state index in [2.05, 4.69) is 5.32 Å². The van der Waals surface area contributed by atoms with E-state index in [1.165, 1.54) is 29.6 Å². The van der Waals surface area contributed by atoms with Crippen LogP contribution in [-0.4, -0.2) is 53.0 Å². The Labute approximate surface area is 195 Å². The predicted molar refractivity (Wildman–Crippen MR) is 126 cm³/mol. The second-order valence-electron chi connectivity index (χ2n) is 7.98. The van der Waals surface area contributed by atoms with Gasteiger partial charge in [0.1, 0.15) is 17.2 Å². The summed E-state index contributed by atoms with van der Waals surface area (Å²) in [6.07, 6.45) is 3.72. The molecule has 1 saturated heterocycles. The highest BCUT2D eigenvalue weighted by molar-refractivity contribution is 7.89. The highest BCUT2D eigenvalue weighted by Crippen LogP contribution is 2.31. The fourth-order valence-corrected chi connectivity index (χ4v) is 5.53. The van der Waals surface area contributed by atoms with Gasteiger partial charge in [-0.2, -0.15) is 4.31 Å². The van der Waals surface area contributed by atoms with E-state index in [9.17, 15) is 13.2 Å². The average Bonchev–Trinajstić information content (AvgIpc) is 3.13. The van der Waals surface area contributed by atoms with E-state index < -0.39 is 22.0 Å². The Hall–Kier alpha value is -2.78. The minimum Gasteiger partial charge on any atom is -0.497 e. The average molecular weight is 477 g/mol. The maximum atomic E-state index is 13.2. The highest BCUT2D eigenvalue weighted by atomic mass is 32.2. The number of hydrogen-bond acceptors (Lipinski definition) is 6. The maximum absolute atomic E-state index is 13.2. The van der Waals surface area contributed by atoms with Crippen LogP contribution in [-0.2, 0) is 10.0 Å². The van der Waals surface area contributed by atoms with Crippen LogP contribution in [0, 0.1) is 0 Å². The quantitative estimate of drug-likeness (QED) is 0.623. The third kappa shape index (κ3) is 5.59. The van der Waals surface area contributed by atoms with Gasteiger partial charge in [0, 0.05) is 18.7 Å². The smallest absolute Gasteiger partial charge is 0.255 e. The van der Waals surface area contributed by atoms with Crippen molar-refractivity contribution in [1.29, 1.82) is 0 Å². The number of nitrogens with zero attached hydrogens (tertiary/aromatic N) is 1. The van der Waals surface area contributed by atoms with E-state index in [-0.39, 0.29) is 10.5 Å². The third-order valence-corrected chi connectivity index (χ3v) is 7.76. The van der Waals surface area contributed by atoms with Crippen LogP contribution in [0.2, 0.25) is 0 Å². The molecule has 3 rings (SSSR count). The lowest BCUT2D eigenvalue weighted by atomic mass is 10.1. The number of hydrogen-bond donors (Lipinski definition) is 1. The molecule has 1 unspecified atom stereocenters. The minimum absolute atomic E-state index is 0.0852. The summed E-state index contributed by atoms with van der Waals surface area (Å²) < 4.78 is 44.0. The first-order chi connectivity index (χ1) is 15.8. The number of carbonyl (C=O) groups is 1. The highest BCUT2D eigenvalue weighted by Gasteiger charge is 2.27. The molecule has 0 radical (unpaired) electrons. The number of benzene rings is 2. The number of carbonyl (C=O) groups excluding carboxylic acids is 1. The molecule has 1 amide bonds. The van der Waals surface area contributed by atoms with Crippen LogP contribution in [0.1, 0.15) is 54.6 Å². The molecule has 33 heavy (non-hydrogen) atoms. The van der Waals surface area contributed by atoms with Crippen LogP contribution in [0.15, 0.2) is 41.3 Å². The molecule has 0 saturated carbocycles. The molecule has 1 N–H and O–H groups in total. The van der Waals surface area contributed by atoms with Gasteiger partial charge in [-0.1, -0.05) is 12.8 Å². The molecule has 9 heteroatoms. The molecule has 1 aliphatic rings. The molecule has 180 valence electrons. The number of nitrogens with one attached hydrogen (secondary N) is 1. The normalized spacial score (nSPS) is 15.9. The zero-order valence-corrected chi connectivity index (χ0v) is 20.4. The van der Waals surface area contributed by atoms with Crippen molar-refractivity contribution in [3.63, 3.8) is 0 Å². The molecule has 2 aromatic rings. The zero-order valence-electron chi connectivity index (χ0n) is 19.6. The minimum atomic E-state index is -3.71. The van der Waals surface area contributed by atoms with Gasteiger partial charge >= 0.3 is 0 Å². The zero-order chi connectivity index (χ0) is 24.0. The molecule has 1 fully saturated rings. The van der Waals surface area contributed by atoms with Crippen molar-refractivity contribution >= 4 is 15.9 Å². The lowest BCUT2D eigenvalue weighted by molar-refractivity contribution is 0.0936. The largest absolute Gasteiger partial charge is 0.497 e. The van der Waals surface area contributed by atoms with Gasteiger partial charge in [0.2, 0.25) is 10.0 Å². The Kier molecular flexibility index (Phi) is 8.20. The fourth-order valence-electron chi connectivity index (χ4n) is 3.99. The fraction of sp³-hybridized carbons (Fsp3) is 0.458. The Morgan fingerprint density at radius 1 is 0.909 bits per heavy atom. The summed E-state index contributed by atoms with van der Waals surface area (Å²) in [5, 5.41) is 2.92. The van der Waals surface area contributed by atoms with Gasteiger partial charge < -0.3 is 19.5 Å². The van der Waals surface area contributed by atoms with Gasteiger partial charge in [-0.25, -0.2) is 8.42 Å². The molecule has 0 bridgehead atoms. The van der Waals surface area contributed by atoms with Crippen LogP contribution < -0.4 is 19.5 Å². The first-order valence-electron chi connectivity index (χ1n) is 11.0. The summed E-state index contributed by atoms with van der Waals surface area (Å²) in [4.78, 5) is 13.3. The molecule has 0 aliphatic carbocycles. The van der Waals surface area contributed by atoms with Gasteiger partial charge in [0.15, 0.2) is 0 Å². The van der Waals surface area contributed by atoms with Crippen molar-refractivity contribution < 1.29 is 27.4 Å². The van der Waals surface area contributed by atoms with Crippen molar-refractivity contribution in [2.24, 2.45) is 0 Å². The van der Waals surface area contributed by atoms with E-state index in [1.54, 1.807) is 32.4 Å². The van der Waals surface area contributed by atoms with Crippen LogP contribution >= 0.6 is 0 Å². The number of ether oxygens (including phenoxy) is 3. The Morgan fingerprint density at radius 3 is 2.15 bits per heavy atom. The summed E-state index contributed by atoms with van der Waals surface area (Å²) in [6, 6.07) is 9.31. The summed E-state index contributed by atoms with van der Waals surface area (Å²) in [6.45, 7) is 2.80. The molecule has 1 atom stereocenters. The summed E-state index contributed by atoms with van der Waals surface area (Å²) in [5.74, 6) is 1.09. The van der Waals surface area contributed by atoms with Crippen molar-refractivity contribution in [2.75, 3.05) is 34.4 Å². The number of rotatable bonds is 8. The summed E-state index contributed by atoms with van der Waals surface area (Å²) >= 11 is 0. The second-order valence-corrected chi connectivity index (χ2v) is 9.92. The van der Waals surface area contributed by atoms with Crippen LogP contribution in [0.3, 0.4) is 0 Å². The lowest BCUT2D eigenvalue weighted by Crippen LogP contribution is -2.32. The molecule has 8 nitrogen and oxygen atoms in total. The van der Waals surface area contributed by atoms with Crippen molar-refractivity contribution in [1.82, 2.24) is 9.62 Å². The molecule has 1 heterocycles. The number of methoxy groups -OCH3 is 3. The molecule has 2 aromatic carbocycles. The van der Waals surface area contributed by atoms with Crippen LogP contribution in [0.25, 0.3) is 0 Å². The van der Waals surface area contributed by atoms with Gasteiger partial charge in [-0.15, -0.1) is 0 Å². The first kappa shape index (κ1) is 24.9. The van der Waals surface area contributed by atoms with Crippen LogP contribution in [0.5, 0.6) is 17.2 Å². The van der Waals surface area contributed by atoms with Crippen LogP contribution in [0.4, 0.5) is 0 Å².